The Kier molecular flexibility index (Phi) is 18.2. The molecular weight excluding hydrogens is 1050 g/mol. The summed E-state index contributed by atoms with van der Waals surface area (Å²) in [6.07, 6.45) is -39.9. The van der Waals surface area contributed by atoms with Gasteiger partial charge in [-0.1, -0.05) is 19.9 Å². The van der Waals surface area contributed by atoms with E-state index in [1.807, 2.05) is 0 Å². The zero-order valence-electron chi connectivity index (χ0n) is 43.3. The van der Waals surface area contributed by atoms with Crippen LogP contribution in [0.4, 0.5) is 0 Å². The van der Waals surface area contributed by atoms with Crippen molar-refractivity contribution in [1.82, 2.24) is 0 Å². The van der Waals surface area contributed by atoms with Crippen LogP contribution >= 0.6 is 0 Å². The van der Waals surface area contributed by atoms with Crippen molar-refractivity contribution in [3.8, 4) is 0 Å². The lowest BCUT2D eigenvalue weighted by Crippen LogP contribution is -2.68. The molecule has 5 aliphatic heterocycles. The van der Waals surface area contributed by atoms with Gasteiger partial charge in [0.1, 0.15) is 116 Å². The van der Waals surface area contributed by atoms with Crippen LogP contribution in [-0.2, 0) is 52.2 Å². The van der Waals surface area contributed by atoms with Gasteiger partial charge >= 0.3 is 5.97 Å². The van der Waals surface area contributed by atoms with Crippen LogP contribution in [0.3, 0.4) is 0 Å². The number of carbonyl (C=O) groups is 1. The summed E-state index contributed by atoms with van der Waals surface area (Å²) in [6, 6.07) is 0. The van der Waals surface area contributed by atoms with Crippen molar-refractivity contribution in [3.05, 3.63) is 12.2 Å². The third kappa shape index (κ3) is 10.3. The van der Waals surface area contributed by atoms with Gasteiger partial charge in [-0.3, -0.25) is 4.79 Å². The fourth-order valence-electron chi connectivity index (χ4n) is 15.0. The minimum atomic E-state index is -1.99. The van der Waals surface area contributed by atoms with Gasteiger partial charge in [0.25, 0.3) is 0 Å². The molecule has 0 aromatic heterocycles. The second-order valence-corrected chi connectivity index (χ2v) is 23.6. The number of esters is 1. The summed E-state index contributed by atoms with van der Waals surface area (Å²) >= 11 is 0. The van der Waals surface area contributed by atoms with Gasteiger partial charge in [0.05, 0.1) is 44.1 Å². The highest BCUT2D eigenvalue weighted by atomic mass is 16.8. The Hall–Kier alpha value is -1.83. The first-order valence-electron chi connectivity index (χ1n) is 26.9. The molecule has 448 valence electrons. The monoisotopic (exact) mass is 1130 g/mol. The maximum absolute atomic E-state index is 14.9. The van der Waals surface area contributed by atoms with E-state index in [4.69, 9.17) is 47.4 Å². The van der Waals surface area contributed by atoms with Crippen LogP contribution in [0.1, 0.15) is 71.6 Å². The third-order valence-electron chi connectivity index (χ3n) is 19.2. The lowest BCUT2D eigenvalue weighted by Gasteiger charge is -2.64. The van der Waals surface area contributed by atoms with Crippen LogP contribution < -0.4 is 0 Å². The molecule has 0 amide bonds. The van der Waals surface area contributed by atoms with Crippen LogP contribution in [0.25, 0.3) is 0 Å². The summed E-state index contributed by atoms with van der Waals surface area (Å²) in [5, 5.41) is 181. The smallest absolute Gasteiger partial charge is 0.314 e. The lowest BCUT2D eigenvalue weighted by atomic mass is 9.41. The molecule has 17 N–H and O–H groups in total. The maximum atomic E-state index is 14.9. The predicted molar refractivity (Wildman–Crippen MR) is 252 cm³/mol. The molecule has 2 bridgehead atoms. The third-order valence-corrected chi connectivity index (χ3v) is 19.2. The van der Waals surface area contributed by atoms with Crippen LogP contribution in [0.2, 0.25) is 0 Å². The number of aliphatic hydroxyl groups excluding tert-OH is 17. The second-order valence-electron chi connectivity index (χ2n) is 23.6. The molecule has 9 fully saturated rings. The Balaban J connectivity index is 0.968. The molecule has 31 atom stereocenters. The van der Waals surface area contributed by atoms with Gasteiger partial charge in [-0.2, -0.15) is 0 Å². The highest BCUT2D eigenvalue weighted by Gasteiger charge is 2.70. The SMILES string of the molecule is C=C1C[C@@]23CC[C@H]4[C@@](C)(CCC[C@@]4(C)C(=O)O[C@@H]4O[C@H](CO)[C@@H](O)[C@H](O)[C@H]4O[C@@H]4O[C@H](CO)[C@@H](O)[C@H](O)[C@H]4O)[C@@H]2CC[C@]1(O[C@@H]1O[C@H](CO)[C@@H](O)[C@H](O[C@@H]2O[C@H](CO)[C@@H](O)[C@H](O)[C@H]2O)[C@H]1O[C@H]1O[C@@H](CO)[C@H](O)[C@@H](O)[C@@H]1O)C3. The number of hydrogen-bond acceptors (Lipinski definition) is 28. The van der Waals surface area contributed by atoms with Gasteiger partial charge in [-0.25, -0.2) is 0 Å². The van der Waals surface area contributed by atoms with Crippen molar-refractivity contribution in [2.75, 3.05) is 33.0 Å². The average Bonchev–Trinajstić information content (AvgIpc) is 3.69. The van der Waals surface area contributed by atoms with E-state index in [9.17, 15) is 91.6 Å². The largest absolute Gasteiger partial charge is 0.432 e. The van der Waals surface area contributed by atoms with Crippen LogP contribution in [-0.4, -0.2) is 285 Å². The highest BCUT2D eigenvalue weighted by Crippen LogP contribution is 2.74. The van der Waals surface area contributed by atoms with Gasteiger partial charge < -0.3 is 134 Å². The summed E-state index contributed by atoms with van der Waals surface area (Å²) in [7, 11) is 0. The number of carbonyl (C=O) groups excluding carboxylic acids is 1. The fraction of sp³-hybridized carbons (Fsp3) is 0.940. The van der Waals surface area contributed by atoms with Crippen molar-refractivity contribution in [2.24, 2.45) is 28.1 Å². The first kappa shape index (κ1) is 60.8. The summed E-state index contributed by atoms with van der Waals surface area (Å²) < 4.78 is 60.3. The van der Waals surface area contributed by atoms with Crippen LogP contribution in [0, 0.1) is 28.1 Å². The number of hydrogen-bond donors (Lipinski definition) is 17. The molecule has 1 spiro atoms. The minimum Gasteiger partial charge on any atom is -0.432 e. The summed E-state index contributed by atoms with van der Waals surface area (Å²) in [5.41, 5.74) is -2.81. The molecule has 4 saturated carbocycles. The summed E-state index contributed by atoms with van der Waals surface area (Å²) in [5.74, 6) is -1.14. The standard InChI is InChI=1S/C50H80O28/c1-18-11-49-9-5-24-47(2,7-4-8-48(24,3)46(68)77-44-39(34(64)29(59)22(15-54)72-44)75-42-36(66)32(62)27(57)20(13-52)70-42)25(49)6-10-50(18,17-49)78-45-40(76-43-37(67)33(63)28(58)21(14-53)71-43)38(30(60)23(16-55)73-45)74-41-35(65)31(61)26(56)19(12-51)69-41/h19-45,51-67H,1,4-17H2,2-3H3/t19-,20-,21+,22-,23-,24+,25+,26-,27-,28+,29-,30-,31+,32+,33-,34+,35-,36-,37+,38+,39-,40-,41+,42+,43-,44+,45+,47-,48-,49-,50+/m1/s1. The molecule has 9 aliphatic rings. The van der Waals surface area contributed by atoms with E-state index in [0.29, 0.717) is 63.4 Å². The molecular formula is C50H80O28. The summed E-state index contributed by atoms with van der Waals surface area (Å²) in [6.45, 7) is 4.32. The molecule has 28 heteroatoms. The fourth-order valence-corrected chi connectivity index (χ4v) is 15.0. The van der Waals surface area contributed by atoms with Crippen molar-refractivity contribution >= 4 is 5.97 Å². The number of fused-ring (bicyclic) bond motifs is 3. The van der Waals surface area contributed by atoms with Crippen molar-refractivity contribution < 1.29 is 139 Å². The number of aliphatic hydroxyl groups is 17. The Bertz CT molecular complexity index is 2070. The minimum absolute atomic E-state index is 0.0705. The van der Waals surface area contributed by atoms with E-state index in [-0.39, 0.29) is 11.8 Å². The first-order chi connectivity index (χ1) is 36.9. The summed E-state index contributed by atoms with van der Waals surface area (Å²) in [4.78, 5) is 14.9. The van der Waals surface area contributed by atoms with Crippen molar-refractivity contribution in [3.63, 3.8) is 0 Å². The predicted octanol–water partition coefficient (Wildman–Crippen LogP) is -7.29. The Morgan fingerprint density at radius 3 is 1.41 bits per heavy atom. The van der Waals surface area contributed by atoms with Gasteiger partial charge in [-0.05, 0) is 86.5 Å². The second kappa shape index (κ2) is 23.3. The molecule has 5 saturated heterocycles. The van der Waals surface area contributed by atoms with E-state index in [0.717, 1.165) is 0 Å². The van der Waals surface area contributed by atoms with Gasteiger partial charge in [-0.15, -0.1) is 0 Å². The highest BCUT2D eigenvalue weighted by molar-refractivity contribution is 5.77. The van der Waals surface area contributed by atoms with Crippen LogP contribution in [0.15, 0.2) is 12.2 Å². The zero-order valence-corrected chi connectivity index (χ0v) is 43.3. The zero-order chi connectivity index (χ0) is 56.7. The molecule has 9 rings (SSSR count). The Morgan fingerprint density at radius 2 is 0.910 bits per heavy atom. The normalized spacial score (nSPS) is 54.5. The molecule has 5 heterocycles. The average molecular weight is 1130 g/mol. The molecule has 28 nitrogen and oxygen atoms in total. The van der Waals surface area contributed by atoms with E-state index in [1.54, 1.807) is 6.92 Å². The quantitative estimate of drug-likeness (QED) is 0.0411. The van der Waals surface area contributed by atoms with E-state index < -0.39 is 214 Å². The first-order valence-corrected chi connectivity index (χ1v) is 26.9. The molecule has 0 aromatic rings. The molecule has 0 radical (unpaired) electrons. The topological polar surface area (TPSA) is 453 Å². The van der Waals surface area contributed by atoms with Crippen molar-refractivity contribution in [2.45, 2.75) is 231 Å². The van der Waals surface area contributed by atoms with E-state index in [2.05, 4.69) is 13.5 Å². The molecule has 0 unspecified atom stereocenters. The number of ether oxygens (including phenoxy) is 10. The van der Waals surface area contributed by atoms with Crippen LogP contribution in [0.5, 0.6) is 0 Å². The lowest BCUT2D eigenvalue weighted by molar-refractivity contribution is -0.400. The van der Waals surface area contributed by atoms with Gasteiger partial charge in [0, 0.05) is 0 Å². The Labute approximate surface area is 448 Å². The maximum Gasteiger partial charge on any atom is 0.314 e. The number of rotatable bonds is 15. The van der Waals surface area contributed by atoms with Crippen molar-refractivity contribution in [1.29, 1.82) is 0 Å². The molecule has 0 aromatic carbocycles. The molecule has 78 heavy (non-hydrogen) atoms. The molecule has 4 aliphatic carbocycles. The van der Waals surface area contributed by atoms with E-state index >= 15 is 0 Å². The van der Waals surface area contributed by atoms with Gasteiger partial charge in [0.2, 0.25) is 6.29 Å². The Morgan fingerprint density at radius 1 is 0.487 bits per heavy atom. The van der Waals surface area contributed by atoms with E-state index in [1.165, 1.54) is 0 Å². The van der Waals surface area contributed by atoms with Gasteiger partial charge in [0.15, 0.2) is 31.3 Å².